The van der Waals surface area contributed by atoms with E-state index in [0.29, 0.717) is 18.0 Å². The Balaban J connectivity index is 1.88. The van der Waals surface area contributed by atoms with Crippen LogP contribution in [-0.2, 0) is 6.54 Å². The monoisotopic (exact) mass is 321 g/mol. The zero-order chi connectivity index (χ0) is 13.7. The molecule has 0 saturated heterocycles. The minimum absolute atomic E-state index is 0.164. The molecule has 0 aliphatic carbocycles. The van der Waals surface area contributed by atoms with Crippen molar-refractivity contribution < 1.29 is 4.39 Å². The first-order valence-corrected chi connectivity index (χ1v) is 7.15. The van der Waals surface area contributed by atoms with Gasteiger partial charge >= 0.3 is 0 Å². The van der Waals surface area contributed by atoms with E-state index in [1.165, 1.54) is 11.6 Å². The summed E-state index contributed by atoms with van der Waals surface area (Å²) in [5.41, 5.74) is 1.99. The second-order valence-corrected chi connectivity index (χ2v) is 5.59. The number of rotatable bonds is 5. The lowest BCUT2D eigenvalue weighted by Crippen LogP contribution is -2.20. The average molecular weight is 322 g/mol. The Labute approximate surface area is 122 Å². The maximum Gasteiger partial charge on any atom is 0.127 e. The fourth-order valence-corrected chi connectivity index (χ4v) is 2.41. The molecule has 1 nitrogen and oxygen atoms in total. The Bertz CT molecular complexity index is 528. The van der Waals surface area contributed by atoms with Crippen molar-refractivity contribution in [1.29, 1.82) is 0 Å². The molecule has 0 saturated carbocycles. The average Bonchev–Trinajstić information content (AvgIpc) is 2.43. The maximum atomic E-state index is 13.6. The first kappa shape index (κ1) is 14.2. The summed E-state index contributed by atoms with van der Waals surface area (Å²) in [4.78, 5) is 0. The summed E-state index contributed by atoms with van der Waals surface area (Å²) in [6.45, 7) is 3.54. The van der Waals surface area contributed by atoms with E-state index in [-0.39, 0.29) is 5.82 Å². The number of halogens is 2. The zero-order valence-corrected chi connectivity index (χ0v) is 12.5. The summed E-state index contributed by atoms with van der Waals surface area (Å²) in [7, 11) is 0. The SMILES string of the molecule is CC(CNCc1cc(Br)ccc1F)c1ccccc1. The van der Waals surface area contributed by atoms with E-state index in [4.69, 9.17) is 0 Å². The van der Waals surface area contributed by atoms with Gasteiger partial charge in [0, 0.05) is 23.1 Å². The van der Waals surface area contributed by atoms with Crippen LogP contribution < -0.4 is 5.32 Å². The van der Waals surface area contributed by atoms with E-state index in [2.05, 4.69) is 40.3 Å². The van der Waals surface area contributed by atoms with Gasteiger partial charge in [-0.2, -0.15) is 0 Å². The molecule has 0 fully saturated rings. The Hall–Kier alpha value is -1.19. The Morgan fingerprint density at radius 1 is 1.16 bits per heavy atom. The largest absolute Gasteiger partial charge is 0.312 e. The van der Waals surface area contributed by atoms with E-state index in [9.17, 15) is 4.39 Å². The molecule has 1 N–H and O–H groups in total. The molecule has 2 aromatic rings. The molecule has 1 atom stereocenters. The summed E-state index contributed by atoms with van der Waals surface area (Å²) in [5.74, 6) is 0.250. The molecule has 2 rings (SSSR count). The molecule has 3 heteroatoms. The fourth-order valence-electron chi connectivity index (χ4n) is 2.00. The van der Waals surface area contributed by atoms with Gasteiger partial charge in [0.15, 0.2) is 0 Å². The standard InChI is InChI=1S/C16H17BrFN/c1-12(13-5-3-2-4-6-13)10-19-11-14-9-15(17)7-8-16(14)18/h2-9,12,19H,10-11H2,1H3. The highest BCUT2D eigenvalue weighted by molar-refractivity contribution is 9.10. The van der Waals surface area contributed by atoms with Gasteiger partial charge in [-0.05, 0) is 29.7 Å². The lowest BCUT2D eigenvalue weighted by molar-refractivity contribution is 0.570. The fraction of sp³-hybridized carbons (Fsp3) is 0.250. The second kappa shape index (κ2) is 6.83. The minimum Gasteiger partial charge on any atom is -0.312 e. The Kier molecular flexibility index (Phi) is 5.11. The minimum atomic E-state index is -0.164. The van der Waals surface area contributed by atoms with Crippen LogP contribution in [0.2, 0.25) is 0 Å². The van der Waals surface area contributed by atoms with Gasteiger partial charge in [-0.1, -0.05) is 53.2 Å². The first-order chi connectivity index (χ1) is 9.16. The van der Waals surface area contributed by atoms with Crippen molar-refractivity contribution >= 4 is 15.9 Å². The lowest BCUT2D eigenvalue weighted by atomic mass is 10.0. The van der Waals surface area contributed by atoms with E-state index >= 15 is 0 Å². The molecule has 0 amide bonds. The van der Waals surface area contributed by atoms with Crippen LogP contribution in [0.3, 0.4) is 0 Å². The Morgan fingerprint density at radius 2 is 1.89 bits per heavy atom. The summed E-state index contributed by atoms with van der Waals surface area (Å²) in [6.07, 6.45) is 0. The highest BCUT2D eigenvalue weighted by atomic mass is 79.9. The van der Waals surface area contributed by atoms with Gasteiger partial charge in [0.05, 0.1) is 0 Å². The highest BCUT2D eigenvalue weighted by Crippen LogP contribution is 2.16. The molecular formula is C16H17BrFN. The third-order valence-corrected chi connectivity index (χ3v) is 3.64. The molecule has 0 aromatic heterocycles. The van der Waals surface area contributed by atoms with Gasteiger partial charge < -0.3 is 5.32 Å². The van der Waals surface area contributed by atoms with Gasteiger partial charge in [-0.25, -0.2) is 4.39 Å². The Morgan fingerprint density at radius 3 is 2.63 bits per heavy atom. The van der Waals surface area contributed by atoms with E-state index in [1.807, 2.05) is 24.3 Å². The third-order valence-electron chi connectivity index (χ3n) is 3.14. The molecule has 100 valence electrons. The van der Waals surface area contributed by atoms with E-state index in [0.717, 1.165) is 11.0 Å². The van der Waals surface area contributed by atoms with E-state index < -0.39 is 0 Å². The van der Waals surface area contributed by atoms with Crippen LogP contribution in [0, 0.1) is 5.82 Å². The van der Waals surface area contributed by atoms with Crippen LogP contribution in [-0.4, -0.2) is 6.54 Å². The van der Waals surface area contributed by atoms with Gasteiger partial charge in [-0.15, -0.1) is 0 Å². The number of hydrogen-bond acceptors (Lipinski definition) is 1. The summed E-state index contributed by atoms with van der Waals surface area (Å²) in [5, 5.41) is 3.31. The smallest absolute Gasteiger partial charge is 0.127 e. The summed E-state index contributed by atoms with van der Waals surface area (Å²) in [6, 6.07) is 15.3. The van der Waals surface area contributed by atoms with Gasteiger partial charge in [0.25, 0.3) is 0 Å². The quantitative estimate of drug-likeness (QED) is 0.856. The molecule has 0 aliphatic rings. The van der Waals surface area contributed by atoms with Crippen LogP contribution in [0.4, 0.5) is 4.39 Å². The maximum absolute atomic E-state index is 13.6. The molecule has 0 heterocycles. The summed E-state index contributed by atoms with van der Waals surface area (Å²) >= 11 is 3.36. The molecule has 1 unspecified atom stereocenters. The van der Waals surface area contributed by atoms with Crippen LogP contribution >= 0.6 is 15.9 Å². The summed E-state index contributed by atoms with van der Waals surface area (Å²) < 4.78 is 14.5. The normalized spacial score (nSPS) is 12.4. The van der Waals surface area contributed by atoms with Crippen molar-refractivity contribution in [3.8, 4) is 0 Å². The molecule has 0 spiro atoms. The van der Waals surface area contributed by atoms with Crippen LogP contribution in [0.25, 0.3) is 0 Å². The highest BCUT2D eigenvalue weighted by Gasteiger charge is 2.06. The number of nitrogens with one attached hydrogen (secondary N) is 1. The van der Waals surface area contributed by atoms with Crippen molar-refractivity contribution in [2.45, 2.75) is 19.4 Å². The molecular weight excluding hydrogens is 305 g/mol. The van der Waals surface area contributed by atoms with Crippen molar-refractivity contribution in [2.75, 3.05) is 6.54 Å². The molecule has 0 aliphatic heterocycles. The third kappa shape index (κ3) is 4.15. The van der Waals surface area contributed by atoms with Crippen molar-refractivity contribution in [3.63, 3.8) is 0 Å². The second-order valence-electron chi connectivity index (χ2n) is 4.68. The van der Waals surface area contributed by atoms with Crippen LogP contribution in [0.1, 0.15) is 24.0 Å². The van der Waals surface area contributed by atoms with E-state index in [1.54, 1.807) is 6.07 Å². The van der Waals surface area contributed by atoms with Crippen molar-refractivity contribution in [3.05, 3.63) is 69.9 Å². The lowest BCUT2D eigenvalue weighted by Gasteiger charge is -2.13. The predicted octanol–water partition coefficient (Wildman–Crippen LogP) is 4.48. The first-order valence-electron chi connectivity index (χ1n) is 6.36. The molecule has 0 radical (unpaired) electrons. The zero-order valence-electron chi connectivity index (χ0n) is 10.9. The molecule has 0 bridgehead atoms. The van der Waals surface area contributed by atoms with Crippen LogP contribution in [0.15, 0.2) is 53.0 Å². The van der Waals surface area contributed by atoms with Crippen LogP contribution in [0.5, 0.6) is 0 Å². The number of benzene rings is 2. The molecule has 19 heavy (non-hydrogen) atoms. The van der Waals surface area contributed by atoms with Gasteiger partial charge in [0.2, 0.25) is 0 Å². The topological polar surface area (TPSA) is 12.0 Å². The predicted molar refractivity (Wildman–Crippen MR) is 80.7 cm³/mol. The van der Waals surface area contributed by atoms with Crippen molar-refractivity contribution in [1.82, 2.24) is 5.32 Å². The molecule has 2 aromatic carbocycles. The van der Waals surface area contributed by atoms with Crippen molar-refractivity contribution in [2.24, 2.45) is 0 Å². The van der Waals surface area contributed by atoms with Gasteiger partial charge in [0.1, 0.15) is 5.82 Å². The van der Waals surface area contributed by atoms with Gasteiger partial charge in [-0.3, -0.25) is 0 Å². The number of hydrogen-bond donors (Lipinski definition) is 1.